The van der Waals surface area contributed by atoms with Crippen LogP contribution in [0.2, 0.25) is 0 Å². The van der Waals surface area contributed by atoms with Crippen LogP contribution in [0, 0.1) is 17.7 Å². The molecule has 1 aromatic carbocycles. The summed E-state index contributed by atoms with van der Waals surface area (Å²) < 4.78 is 19.8. The van der Waals surface area contributed by atoms with Gasteiger partial charge in [-0.1, -0.05) is 12.0 Å². The summed E-state index contributed by atoms with van der Waals surface area (Å²) in [6, 6.07) is 9.40. The lowest BCUT2D eigenvalue weighted by Gasteiger charge is -2.01. The quantitative estimate of drug-likeness (QED) is 0.519. The van der Waals surface area contributed by atoms with Gasteiger partial charge in [0.1, 0.15) is 5.82 Å². The number of halogens is 1. The molecule has 0 atom stereocenters. The van der Waals surface area contributed by atoms with Gasteiger partial charge in [0, 0.05) is 11.8 Å². The number of fused-ring (bicyclic) bond motifs is 1. The Morgan fingerprint density at radius 3 is 2.93 bits per heavy atom. The topological polar surface area (TPSA) is 85.8 Å². The average Bonchev–Trinajstić information content (AvgIpc) is 3.27. The molecule has 7 nitrogen and oxygen atoms in total. The molecule has 3 aromatic rings. The Bertz CT molecular complexity index is 1240. The highest BCUT2D eigenvalue weighted by atomic mass is 19.1. The van der Waals surface area contributed by atoms with Gasteiger partial charge in [-0.2, -0.15) is 0 Å². The highest BCUT2D eigenvalue weighted by molar-refractivity contribution is 6.37. The SMILES string of the molecule is CC1=[N+]=CC(NC(=O)c2ccc(F)c(C#Cc3nnc4ccccn34)c2)=N1. The molecule has 0 bridgehead atoms. The molecule has 1 amide bonds. The van der Waals surface area contributed by atoms with E-state index in [2.05, 4.69) is 37.0 Å². The summed E-state index contributed by atoms with van der Waals surface area (Å²) in [6.07, 6.45) is 3.22. The Balaban J connectivity index is 1.61. The Morgan fingerprint density at radius 1 is 1.22 bits per heavy atom. The minimum absolute atomic E-state index is 0.0834. The van der Waals surface area contributed by atoms with Crippen LogP contribution in [-0.4, -0.2) is 38.4 Å². The van der Waals surface area contributed by atoms with Crippen molar-refractivity contribution in [3.05, 3.63) is 65.4 Å². The fourth-order valence-electron chi connectivity index (χ4n) is 2.45. The first-order chi connectivity index (χ1) is 13.1. The molecule has 1 aliphatic heterocycles. The zero-order chi connectivity index (χ0) is 18.8. The molecule has 1 N–H and O–H groups in total. The molecule has 1 aliphatic rings. The summed E-state index contributed by atoms with van der Waals surface area (Å²) in [5.74, 6) is 5.81. The van der Waals surface area contributed by atoms with E-state index in [4.69, 9.17) is 0 Å². The molecule has 27 heavy (non-hydrogen) atoms. The lowest BCUT2D eigenvalue weighted by atomic mass is 10.1. The second-order valence-corrected chi connectivity index (χ2v) is 5.65. The van der Waals surface area contributed by atoms with E-state index in [0.29, 0.717) is 23.1 Å². The van der Waals surface area contributed by atoms with Crippen molar-refractivity contribution in [2.24, 2.45) is 4.99 Å². The number of rotatable bonds is 1. The summed E-state index contributed by atoms with van der Waals surface area (Å²) in [4.78, 5) is 16.4. The van der Waals surface area contributed by atoms with E-state index in [1.165, 1.54) is 24.4 Å². The predicted molar refractivity (Wildman–Crippen MR) is 99.1 cm³/mol. The van der Waals surface area contributed by atoms with Crippen molar-refractivity contribution in [2.75, 3.05) is 0 Å². The highest BCUT2D eigenvalue weighted by Gasteiger charge is 2.19. The van der Waals surface area contributed by atoms with Crippen molar-refractivity contribution in [3.63, 3.8) is 0 Å². The van der Waals surface area contributed by atoms with Crippen LogP contribution < -0.4 is 9.98 Å². The van der Waals surface area contributed by atoms with Crippen LogP contribution in [0.4, 0.5) is 4.39 Å². The van der Waals surface area contributed by atoms with Crippen LogP contribution in [0.5, 0.6) is 0 Å². The van der Waals surface area contributed by atoms with Gasteiger partial charge in [-0.3, -0.25) is 14.5 Å². The van der Waals surface area contributed by atoms with Crippen LogP contribution in [0.1, 0.15) is 28.7 Å². The Labute approximate surface area is 153 Å². The average molecular weight is 359 g/mol. The summed E-state index contributed by atoms with van der Waals surface area (Å²) in [5, 5.41) is 10.6. The van der Waals surface area contributed by atoms with Gasteiger partial charge in [-0.15, -0.1) is 10.2 Å². The summed E-state index contributed by atoms with van der Waals surface area (Å²) in [6.45, 7) is 1.72. The minimum Gasteiger partial charge on any atom is -0.281 e. The third kappa shape index (κ3) is 3.35. The lowest BCUT2D eigenvalue weighted by Crippen LogP contribution is -2.31. The Morgan fingerprint density at radius 2 is 2.11 bits per heavy atom. The van der Waals surface area contributed by atoms with Crippen LogP contribution in [0.15, 0.2) is 47.6 Å². The van der Waals surface area contributed by atoms with E-state index in [1.54, 1.807) is 23.6 Å². The van der Waals surface area contributed by atoms with Gasteiger partial charge >= 0.3 is 11.7 Å². The Kier molecular flexibility index (Phi) is 4.05. The number of nitrogens with one attached hydrogen (secondary N) is 1. The number of carbonyl (C=O) groups excluding carboxylic acids is 1. The maximum absolute atomic E-state index is 14.1. The van der Waals surface area contributed by atoms with Crippen LogP contribution in [-0.2, 0) is 0 Å². The molecular formula is C19H12FN6O+. The number of aliphatic imine (C=N–C) groups is 1. The smallest absolute Gasteiger partial charge is 0.281 e. The molecule has 0 spiro atoms. The monoisotopic (exact) mass is 359 g/mol. The molecule has 8 heteroatoms. The normalized spacial score (nSPS) is 12.4. The maximum Gasteiger partial charge on any atom is 0.389 e. The lowest BCUT2D eigenvalue weighted by molar-refractivity contribution is 0.0977. The molecule has 2 aromatic heterocycles. The van der Waals surface area contributed by atoms with Gasteiger partial charge in [0.05, 0.1) is 12.5 Å². The predicted octanol–water partition coefficient (Wildman–Crippen LogP) is 0.966. The van der Waals surface area contributed by atoms with Gasteiger partial charge in [-0.05, 0) is 41.2 Å². The van der Waals surface area contributed by atoms with Crippen LogP contribution >= 0.6 is 0 Å². The van der Waals surface area contributed by atoms with Crippen molar-refractivity contribution < 1.29 is 9.18 Å². The van der Waals surface area contributed by atoms with E-state index < -0.39 is 11.7 Å². The highest BCUT2D eigenvalue weighted by Crippen LogP contribution is 2.10. The molecule has 0 unspecified atom stereocenters. The van der Waals surface area contributed by atoms with Crippen molar-refractivity contribution in [2.45, 2.75) is 6.92 Å². The van der Waals surface area contributed by atoms with E-state index >= 15 is 0 Å². The first-order valence-electron chi connectivity index (χ1n) is 7.99. The van der Waals surface area contributed by atoms with Gasteiger partial charge in [0.15, 0.2) is 5.65 Å². The van der Waals surface area contributed by atoms with Gasteiger partial charge < -0.3 is 0 Å². The largest absolute Gasteiger partial charge is 0.389 e. The third-order valence-corrected chi connectivity index (χ3v) is 3.75. The molecule has 3 heterocycles. The van der Waals surface area contributed by atoms with Gasteiger partial charge in [0.2, 0.25) is 5.82 Å². The van der Waals surface area contributed by atoms with E-state index in [0.717, 1.165) is 0 Å². The molecule has 4 rings (SSSR count). The molecular weight excluding hydrogens is 347 g/mol. The number of hydrogen-bond acceptors (Lipinski definition) is 4. The molecule has 0 fully saturated rings. The van der Waals surface area contributed by atoms with Crippen molar-refractivity contribution in [3.8, 4) is 11.8 Å². The molecule has 0 aliphatic carbocycles. The second-order valence-electron chi connectivity index (χ2n) is 5.65. The number of carbonyl (C=O) groups is 1. The number of amides is 1. The third-order valence-electron chi connectivity index (χ3n) is 3.75. The van der Waals surface area contributed by atoms with Gasteiger partial charge in [0.25, 0.3) is 12.1 Å². The second kappa shape index (κ2) is 6.67. The minimum atomic E-state index is -0.531. The number of hydrogen-bond donors (Lipinski definition) is 1. The zero-order valence-corrected chi connectivity index (χ0v) is 14.1. The van der Waals surface area contributed by atoms with Crippen molar-refractivity contribution in [1.29, 1.82) is 0 Å². The van der Waals surface area contributed by atoms with Crippen LogP contribution in [0.3, 0.4) is 0 Å². The fraction of sp³-hybridized carbons (Fsp3) is 0.0526. The maximum atomic E-state index is 14.1. The summed E-state index contributed by atoms with van der Waals surface area (Å²) in [5.41, 5.74) is 0.981. The summed E-state index contributed by atoms with van der Waals surface area (Å²) in [7, 11) is 0. The molecule has 0 saturated carbocycles. The van der Waals surface area contributed by atoms with E-state index in [9.17, 15) is 9.18 Å². The number of aromatic nitrogens is 3. The fourth-order valence-corrected chi connectivity index (χ4v) is 2.45. The standard InChI is InChI=1S/C19H11FN6O/c1-12-21-11-16(22-12)23-19(27)14-5-7-15(20)13(10-14)6-8-18-25-24-17-4-2-3-9-26(17)18/h2-5,7,9-11H,1H3/p+1. The van der Waals surface area contributed by atoms with Crippen LogP contribution in [0.25, 0.3) is 5.65 Å². The van der Waals surface area contributed by atoms with Crippen molar-refractivity contribution in [1.82, 2.24) is 24.6 Å². The first-order valence-corrected chi connectivity index (χ1v) is 7.99. The first kappa shape index (κ1) is 16.4. The zero-order valence-electron chi connectivity index (χ0n) is 14.1. The summed E-state index contributed by atoms with van der Waals surface area (Å²) >= 11 is 0. The molecule has 130 valence electrons. The Hall–Kier alpha value is -4.08. The van der Waals surface area contributed by atoms with E-state index in [1.807, 2.05) is 12.1 Å². The number of benzene rings is 1. The number of pyridine rings is 1. The number of amidine groups is 2. The number of nitrogens with zero attached hydrogens (tertiary/aromatic N) is 5. The van der Waals surface area contributed by atoms with Crippen molar-refractivity contribution >= 4 is 29.4 Å². The molecule has 0 radical (unpaired) electrons. The van der Waals surface area contributed by atoms with Gasteiger partial charge in [-0.25, -0.2) is 9.06 Å². The van der Waals surface area contributed by atoms with E-state index in [-0.39, 0.29) is 11.1 Å². The molecule has 0 saturated heterocycles.